The third-order valence-corrected chi connectivity index (χ3v) is 5.73. The van der Waals surface area contributed by atoms with E-state index in [2.05, 4.69) is 41.5 Å². The fourth-order valence-corrected chi connectivity index (χ4v) is 4.44. The van der Waals surface area contributed by atoms with Crippen LogP contribution in [0, 0.1) is 29.6 Å². The minimum atomic E-state index is 0.588. The number of ether oxygens (including phenoxy) is 3. The van der Waals surface area contributed by atoms with Gasteiger partial charge in [0, 0.05) is 33.0 Å². The van der Waals surface area contributed by atoms with Crippen molar-refractivity contribution in [3.05, 3.63) is 0 Å². The number of rotatable bonds is 6. The Labute approximate surface area is 176 Å². The highest BCUT2D eigenvalue weighted by Crippen LogP contribution is 2.22. The molecule has 3 fully saturated rings. The first kappa shape index (κ1) is 25.9. The summed E-state index contributed by atoms with van der Waals surface area (Å²) in [4.78, 5) is 0. The molecule has 0 aliphatic carbocycles. The normalized spacial score (nSPS) is 25.6. The van der Waals surface area contributed by atoms with Gasteiger partial charge in [0.05, 0.1) is 6.10 Å². The van der Waals surface area contributed by atoms with Gasteiger partial charge < -0.3 is 14.2 Å². The Kier molecular flexibility index (Phi) is 14.5. The third-order valence-electron chi connectivity index (χ3n) is 5.73. The summed E-state index contributed by atoms with van der Waals surface area (Å²) in [5.41, 5.74) is 0. The lowest BCUT2D eigenvalue weighted by atomic mass is 9.91. The molecule has 0 saturated carbocycles. The molecular weight excluding hydrogens is 348 g/mol. The summed E-state index contributed by atoms with van der Waals surface area (Å²) in [5, 5.41) is 0. The molecule has 2 unspecified atom stereocenters. The molecule has 0 radical (unpaired) electrons. The smallest absolute Gasteiger partial charge is 0.0578 e. The molecule has 0 amide bonds. The third kappa shape index (κ3) is 14.0. The Bertz CT molecular complexity index is 314. The van der Waals surface area contributed by atoms with Crippen molar-refractivity contribution in [1.29, 1.82) is 0 Å². The van der Waals surface area contributed by atoms with Gasteiger partial charge in [-0.3, -0.25) is 0 Å². The molecule has 0 aromatic rings. The van der Waals surface area contributed by atoms with Crippen LogP contribution in [0.5, 0.6) is 0 Å². The molecular formula is C25H50O3. The molecule has 0 N–H and O–H groups in total. The van der Waals surface area contributed by atoms with Crippen LogP contribution in [0.2, 0.25) is 0 Å². The van der Waals surface area contributed by atoms with Crippen LogP contribution in [0.25, 0.3) is 0 Å². The second kappa shape index (κ2) is 15.7. The second-order valence-corrected chi connectivity index (χ2v) is 10.3. The molecule has 168 valence electrons. The SMILES string of the molecule is CC(C)CC1CCCO1.CC(C)CC1CCOC1.CC(C)CC1CCOCC1. The molecule has 3 aliphatic rings. The van der Waals surface area contributed by atoms with Crippen molar-refractivity contribution in [3.8, 4) is 0 Å². The van der Waals surface area contributed by atoms with Crippen molar-refractivity contribution in [3.63, 3.8) is 0 Å². The fourth-order valence-electron chi connectivity index (χ4n) is 4.44. The molecule has 0 aromatic carbocycles. The van der Waals surface area contributed by atoms with Crippen molar-refractivity contribution in [2.24, 2.45) is 29.6 Å². The van der Waals surface area contributed by atoms with Gasteiger partial charge in [0.15, 0.2) is 0 Å². The van der Waals surface area contributed by atoms with Gasteiger partial charge in [-0.05, 0) is 81.0 Å². The van der Waals surface area contributed by atoms with E-state index in [1.54, 1.807) is 0 Å². The lowest BCUT2D eigenvalue weighted by Gasteiger charge is -2.23. The highest BCUT2D eigenvalue weighted by Gasteiger charge is 2.17. The predicted octanol–water partition coefficient (Wildman–Crippen LogP) is 6.74. The van der Waals surface area contributed by atoms with Crippen LogP contribution in [-0.2, 0) is 14.2 Å². The van der Waals surface area contributed by atoms with Crippen LogP contribution in [0.3, 0.4) is 0 Å². The van der Waals surface area contributed by atoms with Crippen LogP contribution in [0.1, 0.15) is 92.9 Å². The van der Waals surface area contributed by atoms with E-state index >= 15 is 0 Å². The van der Waals surface area contributed by atoms with Crippen molar-refractivity contribution >= 4 is 0 Å². The second-order valence-electron chi connectivity index (χ2n) is 10.3. The van der Waals surface area contributed by atoms with Crippen molar-refractivity contribution in [2.75, 3.05) is 33.0 Å². The minimum Gasteiger partial charge on any atom is -0.381 e. The molecule has 0 aromatic heterocycles. The summed E-state index contributed by atoms with van der Waals surface area (Å²) in [6.45, 7) is 18.7. The Morgan fingerprint density at radius 2 is 1.14 bits per heavy atom. The largest absolute Gasteiger partial charge is 0.381 e. The van der Waals surface area contributed by atoms with Gasteiger partial charge in [0.25, 0.3) is 0 Å². The molecule has 0 bridgehead atoms. The highest BCUT2D eigenvalue weighted by atomic mass is 16.5. The molecule has 3 rings (SSSR count). The Morgan fingerprint density at radius 3 is 1.61 bits per heavy atom. The summed E-state index contributed by atoms with van der Waals surface area (Å²) in [6, 6.07) is 0. The van der Waals surface area contributed by atoms with E-state index in [1.807, 2.05) is 0 Å². The van der Waals surface area contributed by atoms with Gasteiger partial charge in [-0.2, -0.15) is 0 Å². The van der Waals surface area contributed by atoms with E-state index in [-0.39, 0.29) is 0 Å². The van der Waals surface area contributed by atoms with Crippen molar-refractivity contribution < 1.29 is 14.2 Å². The van der Waals surface area contributed by atoms with Crippen LogP contribution in [-0.4, -0.2) is 39.1 Å². The molecule has 3 heterocycles. The molecule has 3 saturated heterocycles. The minimum absolute atomic E-state index is 0.588. The van der Waals surface area contributed by atoms with E-state index in [1.165, 1.54) is 51.4 Å². The monoisotopic (exact) mass is 398 g/mol. The Hall–Kier alpha value is -0.120. The topological polar surface area (TPSA) is 27.7 Å². The van der Waals surface area contributed by atoms with Gasteiger partial charge in [0.2, 0.25) is 0 Å². The molecule has 3 nitrogen and oxygen atoms in total. The Balaban J connectivity index is 0.000000210. The number of hydrogen-bond acceptors (Lipinski definition) is 3. The zero-order valence-electron chi connectivity index (χ0n) is 19.9. The lowest BCUT2D eigenvalue weighted by molar-refractivity contribution is 0.0602. The quantitative estimate of drug-likeness (QED) is 0.496. The number of hydrogen-bond donors (Lipinski definition) is 0. The summed E-state index contributed by atoms with van der Waals surface area (Å²) < 4.78 is 16.0. The molecule has 28 heavy (non-hydrogen) atoms. The Morgan fingerprint density at radius 1 is 0.607 bits per heavy atom. The van der Waals surface area contributed by atoms with E-state index < -0.39 is 0 Å². The summed E-state index contributed by atoms with van der Waals surface area (Å²) >= 11 is 0. The van der Waals surface area contributed by atoms with Gasteiger partial charge >= 0.3 is 0 Å². The molecule has 3 aliphatic heterocycles. The highest BCUT2D eigenvalue weighted by molar-refractivity contribution is 4.66. The maximum Gasteiger partial charge on any atom is 0.0578 e. The van der Waals surface area contributed by atoms with Crippen LogP contribution in [0.4, 0.5) is 0 Å². The molecule has 3 heteroatoms. The van der Waals surface area contributed by atoms with Crippen LogP contribution in [0.15, 0.2) is 0 Å². The van der Waals surface area contributed by atoms with E-state index in [4.69, 9.17) is 14.2 Å². The van der Waals surface area contributed by atoms with Gasteiger partial charge in [0.1, 0.15) is 0 Å². The van der Waals surface area contributed by atoms with Gasteiger partial charge in [-0.1, -0.05) is 41.5 Å². The zero-order chi connectivity index (χ0) is 20.8. The standard InChI is InChI=1S/C9H18O.2C8H16O/c1-8(2)7-9-3-5-10-6-4-9;1-7(2)5-8-3-4-9-6-8;1-7(2)6-8-4-3-5-9-8/h8-9H,3-7H2,1-2H3;2*7-8H,3-6H2,1-2H3. The maximum atomic E-state index is 5.46. The summed E-state index contributed by atoms with van der Waals surface area (Å²) in [7, 11) is 0. The lowest BCUT2D eigenvalue weighted by Crippen LogP contribution is -2.16. The molecule has 2 atom stereocenters. The average molecular weight is 399 g/mol. The average Bonchev–Trinajstić information content (AvgIpc) is 3.29. The van der Waals surface area contributed by atoms with E-state index in [0.717, 1.165) is 62.6 Å². The first-order valence-electron chi connectivity index (χ1n) is 12.1. The van der Waals surface area contributed by atoms with Crippen molar-refractivity contribution in [1.82, 2.24) is 0 Å². The zero-order valence-corrected chi connectivity index (χ0v) is 19.9. The van der Waals surface area contributed by atoms with Crippen LogP contribution < -0.4 is 0 Å². The predicted molar refractivity (Wildman–Crippen MR) is 120 cm³/mol. The van der Waals surface area contributed by atoms with Gasteiger partial charge in [-0.25, -0.2) is 0 Å². The van der Waals surface area contributed by atoms with Crippen molar-refractivity contribution in [2.45, 2.75) is 99.0 Å². The maximum absolute atomic E-state index is 5.46. The van der Waals surface area contributed by atoms with E-state index in [0.29, 0.717) is 6.10 Å². The first-order valence-corrected chi connectivity index (χ1v) is 12.1. The van der Waals surface area contributed by atoms with Crippen LogP contribution >= 0.6 is 0 Å². The fraction of sp³-hybridized carbons (Fsp3) is 1.00. The summed E-state index contributed by atoms with van der Waals surface area (Å²) in [6.07, 6.45) is 11.0. The van der Waals surface area contributed by atoms with Gasteiger partial charge in [-0.15, -0.1) is 0 Å². The summed E-state index contributed by atoms with van der Waals surface area (Å²) in [5.74, 6) is 4.33. The molecule has 0 spiro atoms. The first-order chi connectivity index (χ1) is 13.4. The van der Waals surface area contributed by atoms with E-state index in [9.17, 15) is 0 Å².